The molecule has 1 aromatic rings. The van der Waals surface area contributed by atoms with E-state index in [-0.39, 0.29) is 6.04 Å². The van der Waals surface area contributed by atoms with Gasteiger partial charge in [-0.15, -0.1) is 12.3 Å². The van der Waals surface area contributed by atoms with Crippen molar-refractivity contribution in [2.24, 2.45) is 5.73 Å². The van der Waals surface area contributed by atoms with E-state index in [1.807, 2.05) is 12.1 Å². The van der Waals surface area contributed by atoms with Gasteiger partial charge < -0.3 is 5.73 Å². The topological polar surface area (TPSA) is 26.0 Å². The number of hydrogen-bond acceptors (Lipinski definition) is 1. The van der Waals surface area contributed by atoms with E-state index in [0.717, 1.165) is 19.3 Å². The number of hydrogen-bond donors (Lipinski definition) is 1. The van der Waals surface area contributed by atoms with Gasteiger partial charge >= 0.3 is 0 Å². The predicted octanol–water partition coefficient (Wildman–Crippen LogP) is 2.80. The molecule has 0 heterocycles. The first-order valence-corrected chi connectivity index (χ1v) is 5.00. The summed E-state index contributed by atoms with van der Waals surface area (Å²) in [6.07, 6.45) is 7.98. The molecule has 0 spiro atoms. The van der Waals surface area contributed by atoms with E-state index >= 15 is 0 Å². The molecule has 0 saturated carbocycles. The lowest BCUT2D eigenvalue weighted by Crippen LogP contribution is -2.11. The second-order valence-corrected chi connectivity index (χ2v) is 3.56. The molecule has 0 fully saturated rings. The highest BCUT2D eigenvalue weighted by atomic mass is 14.6. The fourth-order valence-corrected chi connectivity index (χ4v) is 1.58. The van der Waals surface area contributed by atoms with E-state index in [4.69, 9.17) is 12.2 Å². The number of rotatable bonds is 4. The Bertz CT molecular complexity index is 322. The molecular formula is C13H17N. The molecule has 74 valence electrons. The van der Waals surface area contributed by atoms with Crippen molar-refractivity contribution < 1.29 is 0 Å². The summed E-state index contributed by atoms with van der Waals surface area (Å²) >= 11 is 0. The smallest absolute Gasteiger partial charge is 0.0297 e. The van der Waals surface area contributed by atoms with E-state index in [2.05, 4.69) is 25.0 Å². The largest absolute Gasteiger partial charge is 0.324 e. The van der Waals surface area contributed by atoms with Gasteiger partial charge in [0.1, 0.15) is 0 Å². The third-order valence-electron chi connectivity index (χ3n) is 2.42. The van der Waals surface area contributed by atoms with Crippen molar-refractivity contribution in [3.8, 4) is 12.3 Å². The summed E-state index contributed by atoms with van der Waals surface area (Å²) < 4.78 is 0. The zero-order valence-corrected chi connectivity index (χ0v) is 8.66. The molecule has 14 heavy (non-hydrogen) atoms. The van der Waals surface area contributed by atoms with Crippen LogP contribution in [0, 0.1) is 19.3 Å². The van der Waals surface area contributed by atoms with Crippen molar-refractivity contribution in [1.29, 1.82) is 0 Å². The van der Waals surface area contributed by atoms with Gasteiger partial charge in [-0.25, -0.2) is 0 Å². The first-order chi connectivity index (χ1) is 6.75. The summed E-state index contributed by atoms with van der Waals surface area (Å²) in [6, 6.07) is 8.38. The molecule has 0 radical (unpaired) electrons. The summed E-state index contributed by atoms with van der Waals surface area (Å²) in [5.41, 5.74) is 8.57. The van der Waals surface area contributed by atoms with Crippen LogP contribution in [-0.4, -0.2) is 0 Å². The average Bonchev–Trinajstić information content (AvgIpc) is 2.18. The molecule has 1 nitrogen and oxygen atoms in total. The van der Waals surface area contributed by atoms with Crippen LogP contribution in [0.25, 0.3) is 0 Å². The van der Waals surface area contributed by atoms with E-state index < -0.39 is 0 Å². The molecule has 0 bridgehead atoms. The molecule has 1 rings (SSSR count). The molecule has 1 heteroatoms. The van der Waals surface area contributed by atoms with Crippen LogP contribution in [0.2, 0.25) is 0 Å². The third-order valence-corrected chi connectivity index (χ3v) is 2.42. The molecule has 1 atom stereocenters. The van der Waals surface area contributed by atoms with Crippen LogP contribution >= 0.6 is 0 Å². The minimum atomic E-state index is 0.129. The predicted molar refractivity (Wildman–Crippen MR) is 60.8 cm³/mol. The van der Waals surface area contributed by atoms with E-state index in [9.17, 15) is 0 Å². The fraction of sp³-hybridized carbons (Fsp3) is 0.385. The Labute approximate surface area is 86.3 Å². The Balaban J connectivity index is 2.57. The standard InChI is InChI=1S/C13H17N/c1-3-4-5-10-13(14)12-9-7-6-8-11(12)2/h1,6-9,13H,4-5,10,14H2,2H3. The van der Waals surface area contributed by atoms with Crippen LogP contribution in [0.15, 0.2) is 24.3 Å². The lowest BCUT2D eigenvalue weighted by atomic mass is 9.98. The van der Waals surface area contributed by atoms with Crippen molar-refractivity contribution in [2.45, 2.75) is 32.2 Å². The SMILES string of the molecule is C#CCCCC(N)c1ccccc1C. The summed E-state index contributed by atoms with van der Waals surface area (Å²) in [5.74, 6) is 2.63. The molecule has 2 N–H and O–H groups in total. The lowest BCUT2D eigenvalue weighted by molar-refractivity contribution is 0.618. The average molecular weight is 187 g/mol. The van der Waals surface area contributed by atoms with Gasteiger partial charge in [-0.05, 0) is 30.9 Å². The maximum Gasteiger partial charge on any atom is 0.0297 e. The highest BCUT2D eigenvalue weighted by Gasteiger charge is 2.06. The van der Waals surface area contributed by atoms with Crippen LogP contribution in [-0.2, 0) is 0 Å². The van der Waals surface area contributed by atoms with Crippen LogP contribution in [0.3, 0.4) is 0 Å². The molecule has 0 aliphatic carbocycles. The third kappa shape index (κ3) is 2.90. The monoisotopic (exact) mass is 187 g/mol. The molecule has 1 aromatic carbocycles. The first-order valence-electron chi connectivity index (χ1n) is 5.00. The van der Waals surface area contributed by atoms with Gasteiger partial charge in [0.05, 0.1) is 0 Å². The Kier molecular flexibility index (Phi) is 4.22. The van der Waals surface area contributed by atoms with Crippen molar-refractivity contribution in [2.75, 3.05) is 0 Å². The minimum absolute atomic E-state index is 0.129. The fourth-order valence-electron chi connectivity index (χ4n) is 1.58. The molecule has 0 aliphatic rings. The van der Waals surface area contributed by atoms with Gasteiger partial charge in [-0.1, -0.05) is 24.3 Å². The van der Waals surface area contributed by atoms with Gasteiger partial charge in [-0.3, -0.25) is 0 Å². The summed E-state index contributed by atoms with van der Waals surface area (Å²) in [7, 11) is 0. The normalized spacial score (nSPS) is 12.1. The quantitative estimate of drug-likeness (QED) is 0.569. The second kappa shape index (κ2) is 5.47. The van der Waals surface area contributed by atoms with Crippen molar-refractivity contribution in [1.82, 2.24) is 0 Å². The first kappa shape index (κ1) is 10.8. The molecular weight excluding hydrogens is 170 g/mol. The molecule has 0 amide bonds. The minimum Gasteiger partial charge on any atom is -0.324 e. The highest BCUT2D eigenvalue weighted by Crippen LogP contribution is 2.19. The van der Waals surface area contributed by atoms with E-state index in [0.29, 0.717) is 0 Å². The molecule has 0 aromatic heterocycles. The number of terminal acetylenes is 1. The van der Waals surface area contributed by atoms with E-state index in [1.54, 1.807) is 0 Å². The van der Waals surface area contributed by atoms with Crippen molar-refractivity contribution >= 4 is 0 Å². The van der Waals surface area contributed by atoms with Crippen molar-refractivity contribution in [3.05, 3.63) is 35.4 Å². The Morgan fingerprint density at radius 1 is 1.43 bits per heavy atom. The number of benzene rings is 1. The molecule has 0 aliphatic heterocycles. The van der Waals surface area contributed by atoms with Crippen molar-refractivity contribution in [3.63, 3.8) is 0 Å². The number of aryl methyl sites for hydroxylation is 1. The van der Waals surface area contributed by atoms with Crippen LogP contribution < -0.4 is 5.73 Å². The summed E-state index contributed by atoms with van der Waals surface area (Å²) in [4.78, 5) is 0. The number of nitrogens with two attached hydrogens (primary N) is 1. The van der Waals surface area contributed by atoms with Crippen LogP contribution in [0.1, 0.15) is 36.4 Å². The van der Waals surface area contributed by atoms with E-state index in [1.165, 1.54) is 11.1 Å². The number of unbranched alkanes of at least 4 members (excludes halogenated alkanes) is 1. The van der Waals surface area contributed by atoms with Crippen LogP contribution in [0.4, 0.5) is 0 Å². The second-order valence-electron chi connectivity index (χ2n) is 3.56. The summed E-state index contributed by atoms with van der Waals surface area (Å²) in [5, 5.41) is 0. The zero-order valence-electron chi connectivity index (χ0n) is 8.66. The van der Waals surface area contributed by atoms with Gasteiger partial charge in [0.25, 0.3) is 0 Å². The Hall–Kier alpha value is -1.26. The van der Waals surface area contributed by atoms with Gasteiger partial charge in [-0.2, -0.15) is 0 Å². The zero-order chi connectivity index (χ0) is 10.4. The van der Waals surface area contributed by atoms with Gasteiger partial charge in [0.2, 0.25) is 0 Å². The van der Waals surface area contributed by atoms with Crippen LogP contribution in [0.5, 0.6) is 0 Å². The Morgan fingerprint density at radius 3 is 2.79 bits per heavy atom. The van der Waals surface area contributed by atoms with Gasteiger partial charge in [0.15, 0.2) is 0 Å². The maximum atomic E-state index is 6.07. The Morgan fingerprint density at radius 2 is 2.14 bits per heavy atom. The lowest BCUT2D eigenvalue weighted by Gasteiger charge is -2.13. The molecule has 1 unspecified atom stereocenters. The molecule has 0 saturated heterocycles. The van der Waals surface area contributed by atoms with Gasteiger partial charge in [0, 0.05) is 12.5 Å². The highest BCUT2D eigenvalue weighted by molar-refractivity contribution is 5.28. The summed E-state index contributed by atoms with van der Waals surface area (Å²) in [6.45, 7) is 2.09. The maximum absolute atomic E-state index is 6.07.